The second kappa shape index (κ2) is 4.50. The van der Waals surface area contributed by atoms with E-state index in [2.05, 4.69) is 0 Å². The van der Waals surface area contributed by atoms with Crippen LogP contribution in [-0.2, 0) is 17.7 Å². The van der Waals surface area contributed by atoms with E-state index in [0.717, 1.165) is 28.3 Å². The van der Waals surface area contributed by atoms with Gasteiger partial charge in [0.2, 0.25) is 6.79 Å². The third kappa shape index (κ3) is 1.60. The number of rotatable bonds is 1. The van der Waals surface area contributed by atoms with E-state index in [4.69, 9.17) is 14.2 Å². The zero-order chi connectivity index (χ0) is 16.4. The highest BCUT2D eigenvalue weighted by molar-refractivity contribution is 6.10. The molecule has 6 nitrogen and oxygen atoms in total. The number of esters is 1. The summed E-state index contributed by atoms with van der Waals surface area (Å²) >= 11 is 0. The van der Waals surface area contributed by atoms with Crippen molar-refractivity contribution in [3.63, 3.8) is 0 Å². The summed E-state index contributed by atoms with van der Waals surface area (Å²) in [6.45, 7) is 0.760. The molecule has 0 radical (unpaired) electrons. The summed E-state index contributed by atoms with van der Waals surface area (Å²) < 4.78 is 17.5. The SMILES string of the molecule is COC(=O)c1cc2c3c(c1)c1cc4c(cc1c(=O)n3CC2)OCO4. The Hall–Kier alpha value is -3.02. The van der Waals surface area contributed by atoms with Crippen LogP contribution >= 0.6 is 0 Å². The number of ether oxygens (including phenoxy) is 3. The van der Waals surface area contributed by atoms with E-state index in [-0.39, 0.29) is 18.3 Å². The molecule has 0 spiro atoms. The maximum Gasteiger partial charge on any atom is 0.337 e. The first kappa shape index (κ1) is 13.4. The standard InChI is InChI=1S/C18H13NO5/c1-22-18(21)10-4-9-2-3-19-16(9)12(5-10)11-6-14-15(24-8-23-14)7-13(11)17(19)20/h4-7H,2-3,8H2,1H3. The highest BCUT2D eigenvalue weighted by atomic mass is 16.7. The summed E-state index contributed by atoms with van der Waals surface area (Å²) in [5, 5.41) is 2.20. The van der Waals surface area contributed by atoms with Crippen LogP contribution in [-0.4, -0.2) is 24.4 Å². The van der Waals surface area contributed by atoms with Crippen molar-refractivity contribution in [1.29, 1.82) is 0 Å². The molecule has 0 bridgehead atoms. The van der Waals surface area contributed by atoms with Crippen molar-refractivity contribution >= 4 is 27.6 Å². The van der Waals surface area contributed by atoms with Crippen LogP contribution in [0, 0.1) is 0 Å². The molecular formula is C18H13NO5. The average molecular weight is 323 g/mol. The number of hydrogen-bond acceptors (Lipinski definition) is 5. The fraction of sp³-hybridized carbons (Fsp3) is 0.222. The number of hydrogen-bond donors (Lipinski definition) is 0. The minimum absolute atomic E-state index is 0.0413. The fourth-order valence-electron chi connectivity index (χ4n) is 3.68. The molecule has 0 unspecified atom stereocenters. The third-order valence-corrected chi connectivity index (χ3v) is 4.76. The van der Waals surface area contributed by atoms with Crippen LogP contribution in [0.15, 0.2) is 29.1 Å². The number of fused-ring (bicyclic) bond motifs is 3. The highest BCUT2D eigenvalue weighted by Crippen LogP contribution is 2.39. The molecule has 24 heavy (non-hydrogen) atoms. The van der Waals surface area contributed by atoms with Crippen molar-refractivity contribution in [1.82, 2.24) is 4.57 Å². The molecule has 120 valence electrons. The summed E-state index contributed by atoms with van der Waals surface area (Å²) in [6, 6.07) is 7.15. The molecule has 0 amide bonds. The molecule has 0 saturated heterocycles. The number of carbonyl (C=O) groups is 1. The molecule has 3 aromatic rings. The van der Waals surface area contributed by atoms with Crippen molar-refractivity contribution in [2.45, 2.75) is 13.0 Å². The van der Waals surface area contributed by atoms with Crippen LogP contribution in [0.25, 0.3) is 21.7 Å². The highest BCUT2D eigenvalue weighted by Gasteiger charge is 2.24. The first-order valence-corrected chi connectivity index (χ1v) is 7.68. The van der Waals surface area contributed by atoms with Crippen LogP contribution < -0.4 is 15.0 Å². The quantitative estimate of drug-likeness (QED) is 0.507. The second-order valence-electron chi connectivity index (χ2n) is 5.98. The van der Waals surface area contributed by atoms with E-state index >= 15 is 0 Å². The molecule has 0 aliphatic carbocycles. The van der Waals surface area contributed by atoms with Gasteiger partial charge in [-0.1, -0.05) is 0 Å². The average Bonchev–Trinajstić information content (AvgIpc) is 3.23. The number of methoxy groups -OCH3 is 1. The second-order valence-corrected chi connectivity index (χ2v) is 5.98. The lowest BCUT2D eigenvalue weighted by Gasteiger charge is -2.11. The zero-order valence-corrected chi connectivity index (χ0v) is 12.9. The number of pyridine rings is 1. The predicted octanol–water partition coefficient (Wildman–Crippen LogP) is 2.23. The van der Waals surface area contributed by atoms with Gasteiger partial charge >= 0.3 is 5.97 Å². The summed E-state index contributed by atoms with van der Waals surface area (Å²) in [7, 11) is 1.36. The van der Waals surface area contributed by atoms with Gasteiger partial charge in [-0.05, 0) is 36.2 Å². The molecular weight excluding hydrogens is 310 g/mol. The number of nitrogens with zero attached hydrogens (tertiary/aromatic N) is 1. The molecule has 0 saturated carbocycles. The number of aryl methyl sites for hydroxylation is 2. The molecule has 3 heterocycles. The van der Waals surface area contributed by atoms with Gasteiger partial charge < -0.3 is 18.8 Å². The Kier molecular flexibility index (Phi) is 2.52. The summed E-state index contributed by atoms with van der Waals surface area (Å²) in [5.41, 5.74) is 2.33. The molecule has 5 rings (SSSR count). The minimum Gasteiger partial charge on any atom is -0.465 e. The van der Waals surface area contributed by atoms with Gasteiger partial charge in [0.15, 0.2) is 11.5 Å². The Labute approximate surface area is 136 Å². The van der Waals surface area contributed by atoms with Gasteiger partial charge in [-0.2, -0.15) is 0 Å². The number of benzene rings is 2. The molecule has 0 fully saturated rings. The van der Waals surface area contributed by atoms with Crippen molar-refractivity contribution < 1.29 is 19.0 Å². The van der Waals surface area contributed by atoms with Crippen molar-refractivity contribution in [3.8, 4) is 11.5 Å². The van der Waals surface area contributed by atoms with Crippen LogP contribution in [0.5, 0.6) is 11.5 Å². The molecule has 1 aromatic heterocycles. The molecule has 2 aliphatic rings. The summed E-state index contributed by atoms with van der Waals surface area (Å²) in [6.07, 6.45) is 0.722. The minimum atomic E-state index is -0.383. The van der Waals surface area contributed by atoms with Gasteiger partial charge in [-0.25, -0.2) is 4.79 Å². The summed E-state index contributed by atoms with van der Waals surface area (Å²) in [4.78, 5) is 24.9. The van der Waals surface area contributed by atoms with Gasteiger partial charge in [-0.3, -0.25) is 4.79 Å². The lowest BCUT2D eigenvalue weighted by molar-refractivity contribution is 0.0601. The Bertz CT molecular complexity index is 1110. The van der Waals surface area contributed by atoms with Crippen LogP contribution in [0.3, 0.4) is 0 Å². The maximum atomic E-state index is 12.9. The van der Waals surface area contributed by atoms with E-state index in [1.165, 1.54) is 7.11 Å². The van der Waals surface area contributed by atoms with Crippen molar-refractivity contribution in [2.75, 3.05) is 13.9 Å². The third-order valence-electron chi connectivity index (χ3n) is 4.76. The molecule has 2 aromatic carbocycles. The van der Waals surface area contributed by atoms with E-state index in [0.29, 0.717) is 29.0 Å². The maximum absolute atomic E-state index is 12.9. The number of carbonyl (C=O) groups excluding carboxylic acids is 1. The van der Waals surface area contributed by atoms with E-state index < -0.39 is 0 Å². The van der Waals surface area contributed by atoms with E-state index in [9.17, 15) is 9.59 Å². The van der Waals surface area contributed by atoms with Gasteiger partial charge in [0.05, 0.1) is 23.6 Å². The lowest BCUT2D eigenvalue weighted by atomic mass is 10.00. The van der Waals surface area contributed by atoms with Crippen LogP contribution in [0.1, 0.15) is 15.9 Å². The van der Waals surface area contributed by atoms with Crippen LogP contribution in [0.2, 0.25) is 0 Å². The largest absolute Gasteiger partial charge is 0.465 e. The molecule has 0 atom stereocenters. The van der Waals surface area contributed by atoms with Gasteiger partial charge in [0.25, 0.3) is 5.56 Å². The normalized spacial score (nSPS) is 14.5. The smallest absolute Gasteiger partial charge is 0.337 e. The Morgan fingerprint density at radius 2 is 1.83 bits per heavy atom. The fourth-order valence-corrected chi connectivity index (χ4v) is 3.68. The first-order valence-electron chi connectivity index (χ1n) is 7.68. The van der Waals surface area contributed by atoms with Gasteiger partial charge in [-0.15, -0.1) is 0 Å². The predicted molar refractivity (Wildman–Crippen MR) is 86.9 cm³/mol. The first-order chi connectivity index (χ1) is 11.7. The Balaban J connectivity index is 1.98. The monoisotopic (exact) mass is 323 g/mol. The van der Waals surface area contributed by atoms with Crippen molar-refractivity contribution in [2.24, 2.45) is 0 Å². The van der Waals surface area contributed by atoms with E-state index in [1.54, 1.807) is 16.7 Å². The van der Waals surface area contributed by atoms with Crippen LogP contribution in [0.4, 0.5) is 0 Å². The molecule has 0 N–H and O–H groups in total. The van der Waals surface area contributed by atoms with Gasteiger partial charge in [0.1, 0.15) is 0 Å². The number of aromatic nitrogens is 1. The van der Waals surface area contributed by atoms with E-state index in [1.807, 2.05) is 12.1 Å². The summed E-state index contributed by atoms with van der Waals surface area (Å²) in [5.74, 6) is 0.811. The van der Waals surface area contributed by atoms with Crippen molar-refractivity contribution in [3.05, 3.63) is 45.7 Å². The Morgan fingerprint density at radius 1 is 1.08 bits per heavy atom. The topological polar surface area (TPSA) is 66.8 Å². The Morgan fingerprint density at radius 3 is 2.58 bits per heavy atom. The molecule has 2 aliphatic heterocycles. The van der Waals surface area contributed by atoms with Gasteiger partial charge in [0, 0.05) is 17.3 Å². The lowest BCUT2D eigenvalue weighted by Crippen LogP contribution is -2.18. The molecule has 6 heteroatoms. The zero-order valence-electron chi connectivity index (χ0n) is 12.9.